The van der Waals surface area contributed by atoms with E-state index in [2.05, 4.69) is 29.5 Å². The Labute approximate surface area is 217 Å². The van der Waals surface area contributed by atoms with Gasteiger partial charge in [0.05, 0.1) is 24.5 Å². The van der Waals surface area contributed by atoms with Gasteiger partial charge in [-0.15, -0.1) is 0 Å². The summed E-state index contributed by atoms with van der Waals surface area (Å²) in [6, 6.07) is 16.8. The number of nitrogens with one attached hydrogen (secondary N) is 1. The second kappa shape index (κ2) is 12.9. The van der Waals surface area contributed by atoms with E-state index in [9.17, 15) is 8.78 Å². The quantitative estimate of drug-likeness (QED) is 0.177. The van der Waals surface area contributed by atoms with Gasteiger partial charge in [0, 0.05) is 56.4 Å². The molecule has 1 unspecified atom stereocenters. The first-order valence-electron chi connectivity index (χ1n) is 12.1. The minimum absolute atomic E-state index is 0.133. The minimum Gasteiger partial charge on any atom is -0.501 e. The average molecular weight is 517 g/mol. The van der Waals surface area contributed by atoms with E-state index in [0.29, 0.717) is 30.9 Å². The van der Waals surface area contributed by atoms with Gasteiger partial charge >= 0.3 is 0 Å². The van der Waals surface area contributed by atoms with Crippen LogP contribution in [-0.4, -0.2) is 36.7 Å². The van der Waals surface area contributed by atoms with Gasteiger partial charge in [0.25, 0.3) is 5.92 Å². The molecule has 3 aromatic rings. The van der Waals surface area contributed by atoms with Crippen LogP contribution in [0.5, 0.6) is 5.75 Å². The molecule has 0 saturated carbocycles. The molecule has 194 valence electrons. The summed E-state index contributed by atoms with van der Waals surface area (Å²) in [5.74, 6) is -1.26. The number of ether oxygens (including phenoxy) is 2. The second-order valence-corrected chi connectivity index (χ2v) is 9.58. The van der Waals surface area contributed by atoms with E-state index < -0.39 is 5.92 Å². The summed E-state index contributed by atoms with van der Waals surface area (Å²) < 4.78 is 39.2. The summed E-state index contributed by atoms with van der Waals surface area (Å²) in [4.78, 5) is 5.51. The summed E-state index contributed by atoms with van der Waals surface area (Å²) in [6.07, 6.45) is 3.31. The number of aromatic nitrogens is 1. The van der Waals surface area contributed by atoms with Gasteiger partial charge in [0.2, 0.25) is 0 Å². The molecule has 0 aliphatic carbocycles. The Hall–Kier alpha value is -2.83. The molecule has 0 radical (unpaired) electrons. The first-order chi connectivity index (χ1) is 17.2. The van der Waals surface area contributed by atoms with Crippen molar-refractivity contribution in [3.63, 3.8) is 0 Å². The largest absolute Gasteiger partial charge is 0.501 e. The van der Waals surface area contributed by atoms with E-state index in [0.717, 1.165) is 43.4 Å². The Kier molecular flexibility index (Phi) is 9.97. The van der Waals surface area contributed by atoms with Crippen molar-refractivity contribution < 1.29 is 18.3 Å². The van der Waals surface area contributed by atoms with Crippen LogP contribution in [-0.2, 0) is 23.6 Å². The van der Waals surface area contributed by atoms with Crippen LogP contribution in [0, 0.1) is 0 Å². The monoisotopic (exact) mass is 516 g/mol. The number of methoxy groups -OCH3 is 1. The lowest BCUT2D eigenvalue weighted by atomic mass is 10.0. The SMILES string of the molecule is C=C(Cc1cccc(OCCCN(Cc2cccc(C(C)(F)F)c2Cl)CC(C)c2ccc[nH]2)c1)OC. The first kappa shape index (κ1) is 27.8. The minimum atomic E-state index is -2.99. The topological polar surface area (TPSA) is 37.5 Å². The third-order valence-electron chi connectivity index (χ3n) is 6.11. The molecule has 0 amide bonds. The van der Waals surface area contributed by atoms with Crippen molar-refractivity contribution in [2.45, 2.75) is 45.1 Å². The average Bonchev–Trinajstić information content (AvgIpc) is 3.38. The van der Waals surface area contributed by atoms with Gasteiger partial charge in [-0.25, -0.2) is 8.78 Å². The number of alkyl halides is 2. The highest BCUT2D eigenvalue weighted by Crippen LogP contribution is 2.35. The van der Waals surface area contributed by atoms with Crippen LogP contribution in [0.4, 0.5) is 8.78 Å². The molecule has 36 heavy (non-hydrogen) atoms. The van der Waals surface area contributed by atoms with Crippen molar-refractivity contribution in [1.82, 2.24) is 9.88 Å². The van der Waals surface area contributed by atoms with Gasteiger partial charge in [-0.1, -0.05) is 55.4 Å². The van der Waals surface area contributed by atoms with E-state index in [4.69, 9.17) is 21.1 Å². The van der Waals surface area contributed by atoms with E-state index >= 15 is 0 Å². The maximum atomic E-state index is 14.0. The Bertz CT molecular complexity index is 1110. The highest BCUT2D eigenvalue weighted by atomic mass is 35.5. The van der Waals surface area contributed by atoms with Gasteiger partial charge < -0.3 is 14.5 Å². The predicted octanol–water partition coefficient (Wildman–Crippen LogP) is 7.56. The zero-order valence-corrected chi connectivity index (χ0v) is 22.0. The van der Waals surface area contributed by atoms with Crippen molar-refractivity contribution in [3.05, 3.63) is 101 Å². The Morgan fingerprint density at radius 3 is 2.64 bits per heavy atom. The number of halogens is 3. The van der Waals surface area contributed by atoms with Crippen LogP contribution in [0.25, 0.3) is 0 Å². The Balaban J connectivity index is 1.65. The molecular weight excluding hydrogens is 482 g/mol. The number of benzene rings is 2. The summed E-state index contributed by atoms with van der Waals surface area (Å²) in [5, 5.41) is 0.133. The van der Waals surface area contributed by atoms with Crippen LogP contribution in [0.3, 0.4) is 0 Å². The van der Waals surface area contributed by atoms with E-state index in [1.807, 2.05) is 42.6 Å². The highest BCUT2D eigenvalue weighted by Gasteiger charge is 2.28. The summed E-state index contributed by atoms with van der Waals surface area (Å²) in [6.45, 7) is 9.38. The fourth-order valence-corrected chi connectivity index (χ4v) is 4.53. The molecule has 1 N–H and O–H groups in total. The second-order valence-electron chi connectivity index (χ2n) is 9.20. The lowest BCUT2D eigenvalue weighted by molar-refractivity contribution is 0.0174. The summed E-state index contributed by atoms with van der Waals surface area (Å²) in [7, 11) is 1.61. The molecule has 0 aliphatic heterocycles. The fraction of sp³-hybridized carbons (Fsp3) is 0.379. The molecule has 1 atom stereocenters. The van der Waals surface area contributed by atoms with Crippen molar-refractivity contribution in [1.29, 1.82) is 0 Å². The highest BCUT2D eigenvalue weighted by molar-refractivity contribution is 6.32. The van der Waals surface area contributed by atoms with E-state index in [1.54, 1.807) is 13.2 Å². The molecule has 0 spiro atoms. The van der Waals surface area contributed by atoms with Gasteiger partial charge in [-0.05, 0) is 41.8 Å². The maximum absolute atomic E-state index is 14.0. The molecule has 1 aromatic heterocycles. The molecule has 0 bridgehead atoms. The number of H-pyrrole nitrogens is 1. The number of nitrogens with zero attached hydrogens (tertiary/aromatic N) is 1. The van der Waals surface area contributed by atoms with Crippen LogP contribution in [0.2, 0.25) is 5.02 Å². The smallest absolute Gasteiger partial charge is 0.271 e. The maximum Gasteiger partial charge on any atom is 0.271 e. The molecule has 3 rings (SSSR count). The van der Waals surface area contributed by atoms with Gasteiger partial charge in [0.1, 0.15) is 5.75 Å². The molecule has 2 aromatic carbocycles. The van der Waals surface area contributed by atoms with Crippen molar-refractivity contribution >= 4 is 11.6 Å². The third-order valence-corrected chi connectivity index (χ3v) is 6.55. The van der Waals surface area contributed by atoms with Crippen molar-refractivity contribution in [2.75, 3.05) is 26.8 Å². The number of allylic oxidation sites excluding steroid dienone is 1. The van der Waals surface area contributed by atoms with Crippen molar-refractivity contribution in [3.8, 4) is 5.75 Å². The lowest BCUT2D eigenvalue weighted by Gasteiger charge is -2.27. The normalized spacial score (nSPS) is 12.5. The standard InChI is InChI=1S/C29H35ClF2N2O2/c1-21(27-13-7-14-33-27)19-34(20-24-10-6-12-26(28(24)30)29(3,31)32)15-8-16-36-25-11-5-9-23(18-25)17-22(2)35-4/h5-7,9-14,18,21,33H,2,8,15-17,19-20H2,1,3-4H3. The van der Waals surface area contributed by atoms with Gasteiger partial charge in [-0.2, -0.15) is 0 Å². The number of hydrogen-bond acceptors (Lipinski definition) is 3. The zero-order chi connectivity index (χ0) is 26.1. The molecule has 0 aliphatic rings. The van der Waals surface area contributed by atoms with E-state index in [1.165, 1.54) is 6.07 Å². The number of hydrogen-bond donors (Lipinski definition) is 1. The van der Waals surface area contributed by atoms with Crippen LogP contribution < -0.4 is 4.74 Å². The number of aromatic amines is 1. The molecule has 7 heteroatoms. The van der Waals surface area contributed by atoms with Crippen molar-refractivity contribution in [2.24, 2.45) is 0 Å². The third kappa shape index (κ3) is 8.10. The molecule has 4 nitrogen and oxygen atoms in total. The summed E-state index contributed by atoms with van der Waals surface area (Å²) >= 11 is 6.42. The van der Waals surface area contributed by atoms with Gasteiger partial charge in [-0.3, -0.25) is 4.90 Å². The summed E-state index contributed by atoms with van der Waals surface area (Å²) in [5.41, 5.74) is 2.76. The molecule has 1 heterocycles. The Morgan fingerprint density at radius 2 is 1.94 bits per heavy atom. The van der Waals surface area contributed by atoms with Crippen LogP contribution in [0.15, 0.2) is 73.1 Å². The fourth-order valence-electron chi connectivity index (χ4n) is 4.18. The molecule has 0 fully saturated rings. The van der Waals surface area contributed by atoms with Crippen LogP contribution >= 0.6 is 11.6 Å². The Morgan fingerprint density at radius 1 is 1.17 bits per heavy atom. The lowest BCUT2D eigenvalue weighted by Crippen LogP contribution is -2.30. The predicted molar refractivity (Wildman–Crippen MR) is 142 cm³/mol. The van der Waals surface area contributed by atoms with Crippen LogP contribution in [0.1, 0.15) is 48.6 Å². The molecular formula is C29H35ClF2N2O2. The molecule has 0 saturated heterocycles. The van der Waals surface area contributed by atoms with Gasteiger partial charge in [0.15, 0.2) is 0 Å². The van der Waals surface area contributed by atoms with E-state index in [-0.39, 0.29) is 16.5 Å². The number of rotatable bonds is 14. The first-order valence-corrected chi connectivity index (χ1v) is 12.5. The zero-order valence-electron chi connectivity index (χ0n) is 21.2.